The number of hydrogen-bond donors (Lipinski definition) is 0. The fourth-order valence-corrected chi connectivity index (χ4v) is 4.76. The van der Waals surface area contributed by atoms with Crippen LogP contribution in [0.25, 0.3) is 0 Å². The lowest BCUT2D eigenvalue weighted by Gasteiger charge is -2.32. The normalized spacial score (nSPS) is 14.4. The van der Waals surface area contributed by atoms with Crippen LogP contribution >= 0.6 is 0 Å². The second-order valence-corrected chi connectivity index (χ2v) is 9.87. The van der Waals surface area contributed by atoms with Gasteiger partial charge >= 0.3 is 0 Å². The Hall–Kier alpha value is -2.60. The number of hydrogen-bond acceptors (Lipinski definition) is 3. The molecule has 1 aliphatic rings. The van der Waals surface area contributed by atoms with Crippen LogP contribution in [0.5, 0.6) is 0 Å². The van der Waals surface area contributed by atoms with E-state index in [1.807, 2.05) is 34.1 Å². The summed E-state index contributed by atoms with van der Waals surface area (Å²) < 4.78 is 7.48. The van der Waals surface area contributed by atoms with E-state index in [1.54, 1.807) is 7.11 Å². The topological polar surface area (TPSA) is 54.8 Å². The zero-order chi connectivity index (χ0) is 24.3. The lowest BCUT2D eigenvalue weighted by Crippen LogP contribution is -2.47. The standard InChI is InChI=1S/C28H41N3O3/c1-23(2)19-31(28(33)25-13-8-5-9-14-25)22-27(32)30(17-18-34-3)21-26-15-10-16-29(26)20-24-11-6-4-7-12-24/h4,6-7,10-12,15-16,23,25H,5,8-9,13-14,17-22H2,1-3H3. The molecule has 0 N–H and O–H groups in total. The van der Waals surface area contributed by atoms with Gasteiger partial charge < -0.3 is 19.1 Å². The predicted octanol–water partition coefficient (Wildman–Crippen LogP) is 4.58. The van der Waals surface area contributed by atoms with Crippen LogP contribution < -0.4 is 0 Å². The van der Waals surface area contributed by atoms with E-state index < -0.39 is 0 Å². The summed E-state index contributed by atoms with van der Waals surface area (Å²) in [5.74, 6) is 0.516. The van der Waals surface area contributed by atoms with E-state index in [0.717, 1.165) is 37.9 Å². The highest BCUT2D eigenvalue weighted by Gasteiger charge is 2.29. The number of amides is 2. The molecule has 34 heavy (non-hydrogen) atoms. The van der Waals surface area contributed by atoms with Crippen LogP contribution in [0.15, 0.2) is 48.7 Å². The molecule has 2 amide bonds. The van der Waals surface area contributed by atoms with Crippen molar-refractivity contribution in [1.82, 2.24) is 14.4 Å². The minimum absolute atomic E-state index is 0.0191. The van der Waals surface area contributed by atoms with Crippen molar-refractivity contribution < 1.29 is 14.3 Å². The Bertz CT molecular complexity index is 887. The van der Waals surface area contributed by atoms with Gasteiger partial charge in [-0.15, -0.1) is 0 Å². The molecule has 1 fully saturated rings. The van der Waals surface area contributed by atoms with Crippen LogP contribution in [0, 0.1) is 11.8 Å². The minimum atomic E-state index is -0.0191. The summed E-state index contributed by atoms with van der Waals surface area (Å²) in [6.07, 6.45) is 7.37. The lowest BCUT2D eigenvalue weighted by molar-refractivity contribution is -0.144. The zero-order valence-electron chi connectivity index (χ0n) is 21.1. The third-order valence-electron chi connectivity index (χ3n) is 6.57. The number of methoxy groups -OCH3 is 1. The minimum Gasteiger partial charge on any atom is -0.383 e. The van der Waals surface area contributed by atoms with Crippen molar-refractivity contribution in [3.63, 3.8) is 0 Å². The maximum atomic E-state index is 13.5. The van der Waals surface area contributed by atoms with Gasteiger partial charge in [-0.2, -0.15) is 0 Å². The molecule has 0 aliphatic heterocycles. The Morgan fingerprint density at radius 2 is 1.76 bits per heavy atom. The molecule has 6 heteroatoms. The molecule has 3 rings (SSSR count). The average molecular weight is 468 g/mol. The molecule has 1 heterocycles. The van der Waals surface area contributed by atoms with Gasteiger partial charge in [-0.05, 0) is 36.5 Å². The molecule has 0 unspecified atom stereocenters. The first-order valence-electron chi connectivity index (χ1n) is 12.7. The Kier molecular flexibility index (Phi) is 10.2. The molecule has 0 saturated heterocycles. The Morgan fingerprint density at radius 3 is 2.44 bits per heavy atom. The summed E-state index contributed by atoms with van der Waals surface area (Å²) in [5.41, 5.74) is 2.29. The third-order valence-corrected chi connectivity index (χ3v) is 6.57. The van der Waals surface area contributed by atoms with Gasteiger partial charge in [-0.1, -0.05) is 63.4 Å². The maximum absolute atomic E-state index is 13.5. The molecule has 0 bridgehead atoms. The van der Waals surface area contributed by atoms with Crippen LogP contribution in [0.3, 0.4) is 0 Å². The van der Waals surface area contributed by atoms with Crippen LogP contribution in [-0.4, -0.2) is 59.5 Å². The summed E-state index contributed by atoms with van der Waals surface area (Å²) in [4.78, 5) is 30.4. The molecule has 1 aromatic carbocycles. The van der Waals surface area contributed by atoms with Crippen molar-refractivity contribution in [1.29, 1.82) is 0 Å². The Morgan fingerprint density at radius 1 is 1.03 bits per heavy atom. The van der Waals surface area contributed by atoms with Gasteiger partial charge in [-0.25, -0.2) is 0 Å². The molecular formula is C28H41N3O3. The van der Waals surface area contributed by atoms with Crippen molar-refractivity contribution >= 4 is 11.8 Å². The molecule has 2 aromatic rings. The van der Waals surface area contributed by atoms with E-state index in [0.29, 0.717) is 32.2 Å². The zero-order valence-corrected chi connectivity index (χ0v) is 21.1. The molecule has 1 aromatic heterocycles. The number of benzene rings is 1. The van der Waals surface area contributed by atoms with E-state index in [1.165, 1.54) is 12.0 Å². The molecule has 1 saturated carbocycles. The van der Waals surface area contributed by atoms with Crippen molar-refractivity contribution in [3.05, 3.63) is 59.9 Å². The SMILES string of the molecule is COCCN(Cc1cccn1Cc1ccccc1)C(=O)CN(CC(C)C)C(=O)C1CCCCC1. The molecule has 6 nitrogen and oxygen atoms in total. The first-order valence-corrected chi connectivity index (χ1v) is 12.7. The molecule has 0 radical (unpaired) electrons. The van der Waals surface area contributed by atoms with Crippen LogP contribution in [-0.2, 0) is 27.4 Å². The Labute approximate surface area is 204 Å². The number of rotatable bonds is 12. The number of carbonyl (C=O) groups is 2. The molecule has 186 valence electrons. The van der Waals surface area contributed by atoms with Crippen LogP contribution in [0.4, 0.5) is 0 Å². The molecule has 0 spiro atoms. The third kappa shape index (κ3) is 7.73. The van der Waals surface area contributed by atoms with Gasteiger partial charge in [0.05, 0.1) is 19.7 Å². The number of carbonyl (C=O) groups excluding carboxylic acids is 2. The average Bonchev–Trinajstić information content (AvgIpc) is 3.28. The van der Waals surface area contributed by atoms with E-state index in [4.69, 9.17) is 4.74 Å². The summed E-state index contributed by atoms with van der Waals surface area (Å²) in [5, 5.41) is 0. The van der Waals surface area contributed by atoms with Gasteiger partial charge in [0, 0.05) is 44.6 Å². The highest BCUT2D eigenvalue weighted by Crippen LogP contribution is 2.26. The van der Waals surface area contributed by atoms with Crippen molar-refractivity contribution in [2.24, 2.45) is 11.8 Å². The largest absolute Gasteiger partial charge is 0.383 e. The smallest absolute Gasteiger partial charge is 0.242 e. The quantitative estimate of drug-likeness (QED) is 0.459. The predicted molar refractivity (Wildman–Crippen MR) is 135 cm³/mol. The second-order valence-electron chi connectivity index (χ2n) is 9.87. The highest BCUT2D eigenvalue weighted by molar-refractivity contribution is 5.86. The fraction of sp³-hybridized carbons (Fsp3) is 0.571. The lowest BCUT2D eigenvalue weighted by atomic mass is 9.88. The van der Waals surface area contributed by atoms with E-state index in [-0.39, 0.29) is 24.3 Å². The van der Waals surface area contributed by atoms with Gasteiger partial charge in [0.25, 0.3) is 0 Å². The Balaban J connectivity index is 1.71. The van der Waals surface area contributed by atoms with Gasteiger partial charge in [0.2, 0.25) is 11.8 Å². The van der Waals surface area contributed by atoms with Crippen molar-refractivity contribution in [3.8, 4) is 0 Å². The number of ether oxygens (including phenoxy) is 1. The molecule has 1 aliphatic carbocycles. The van der Waals surface area contributed by atoms with Gasteiger partial charge in [0.15, 0.2) is 0 Å². The van der Waals surface area contributed by atoms with E-state index in [2.05, 4.69) is 42.8 Å². The summed E-state index contributed by atoms with van der Waals surface area (Å²) in [6.45, 7) is 7.17. The second kappa shape index (κ2) is 13.3. The van der Waals surface area contributed by atoms with Crippen LogP contribution in [0.1, 0.15) is 57.2 Å². The number of aromatic nitrogens is 1. The highest BCUT2D eigenvalue weighted by atomic mass is 16.5. The van der Waals surface area contributed by atoms with Gasteiger partial charge in [0.1, 0.15) is 0 Å². The number of nitrogens with zero attached hydrogens (tertiary/aromatic N) is 3. The first kappa shape index (κ1) is 26.0. The van der Waals surface area contributed by atoms with Crippen molar-refractivity contribution in [2.45, 2.75) is 59.0 Å². The van der Waals surface area contributed by atoms with E-state index >= 15 is 0 Å². The fourth-order valence-electron chi connectivity index (χ4n) is 4.76. The monoisotopic (exact) mass is 467 g/mol. The van der Waals surface area contributed by atoms with E-state index in [9.17, 15) is 9.59 Å². The van der Waals surface area contributed by atoms with Gasteiger partial charge in [-0.3, -0.25) is 9.59 Å². The summed E-state index contributed by atoms with van der Waals surface area (Å²) >= 11 is 0. The first-order chi connectivity index (χ1) is 16.5. The van der Waals surface area contributed by atoms with Crippen molar-refractivity contribution in [2.75, 3.05) is 33.4 Å². The molecule has 0 atom stereocenters. The summed E-state index contributed by atoms with van der Waals surface area (Å²) in [6, 6.07) is 14.4. The maximum Gasteiger partial charge on any atom is 0.242 e. The van der Waals surface area contributed by atoms with Crippen LogP contribution in [0.2, 0.25) is 0 Å². The summed E-state index contributed by atoms with van der Waals surface area (Å²) in [7, 11) is 1.65. The molecular weight excluding hydrogens is 426 g/mol.